The second-order valence-electron chi connectivity index (χ2n) is 5.04. The van der Waals surface area contributed by atoms with Gasteiger partial charge in [0.25, 0.3) is 5.91 Å². The van der Waals surface area contributed by atoms with Crippen molar-refractivity contribution in [2.24, 2.45) is 0 Å². The number of amides is 1. The smallest absolute Gasteiger partial charge is 0.251 e. The number of carbonyl (C=O) groups excluding carboxylic acids is 1. The molecule has 100 valence electrons. The predicted octanol–water partition coefficient (Wildman–Crippen LogP) is 2.46. The van der Waals surface area contributed by atoms with E-state index in [4.69, 9.17) is 0 Å². The van der Waals surface area contributed by atoms with Gasteiger partial charge in [0, 0.05) is 11.6 Å². The third kappa shape index (κ3) is 4.88. The predicted molar refractivity (Wildman–Crippen MR) is 75.9 cm³/mol. The van der Waals surface area contributed by atoms with E-state index >= 15 is 0 Å². The summed E-state index contributed by atoms with van der Waals surface area (Å²) in [5, 5.41) is 3.09. The lowest BCUT2D eigenvalue weighted by Crippen LogP contribution is -2.36. The lowest BCUT2D eigenvalue weighted by Gasteiger charge is -2.19. The second kappa shape index (κ2) is 7.17. The van der Waals surface area contributed by atoms with Gasteiger partial charge in [0.1, 0.15) is 0 Å². The van der Waals surface area contributed by atoms with Crippen molar-refractivity contribution in [2.75, 3.05) is 20.6 Å². The molecule has 0 aliphatic rings. The van der Waals surface area contributed by atoms with Crippen LogP contribution in [0.4, 0.5) is 0 Å². The number of benzene rings is 1. The Morgan fingerprint density at radius 3 is 2.39 bits per heavy atom. The average molecular weight is 248 g/mol. The molecule has 0 heterocycles. The van der Waals surface area contributed by atoms with E-state index in [9.17, 15) is 4.79 Å². The van der Waals surface area contributed by atoms with Crippen molar-refractivity contribution in [3.63, 3.8) is 0 Å². The highest BCUT2D eigenvalue weighted by molar-refractivity contribution is 5.94. The molecule has 3 heteroatoms. The summed E-state index contributed by atoms with van der Waals surface area (Å²) in [5.74, 6) is 0.0283. The third-order valence-corrected chi connectivity index (χ3v) is 3.07. The number of rotatable bonds is 6. The van der Waals surface area contributed by atoms with E-state index in [0.717, 1.165) is 24.9 Å². The van der Waals surface area contributed by atoms with Crippen molar-refractivity contribution in [3.05, 3.63) is 35.4 Å². The summed E-state index contributed by atoms with van der Waals surface area (Å²) in [6.45, 7) is 5.12. The largest absolute Gasteiger partial charge is 0.349 e. The Balaban J connectivity index is 2.53. The normalized spacial score (nSPS) is 12.5. The highest BCUT2D eigenvalue weighted by Crippen LogP contribution is 2.05. The molecule has 1 rings (SSSR count). The summed E-state index contributed by atoms with van der Waals surface area (Å²) in [5.41, 5.74) is 1.91. The number of aryl methyl sites for hydroxylation is 1. The molecule has 1 unspecified atom stereocenters. The molecule has 1 amide bonds. The van der Waals surface area contributed by atoms with E-state index in [1.807, 2.05) is 31.2 Å². The van der Waals surface area contributed by atoms with Gasteiger partial charge in [-0.1, -0.05) is 24.6 Å². The lowest BCUT2D eigenvalue weighted by molar-refractivity contribution is 0.0932. The number of hydrogen-bond donors (Lipinski definition) is 1. The van der Waals surface area contributed by atoms with Gasteiger partial charge in [0.05, 0.1) is 0 Å². The summed E-state index contributed by atoms with van der Waals surface area (Å²) < 4.78 is 0. The van der Waals surface area contributed by atoms with Crippen molar-refractivity contribution in [1.29, 1.82) is 0 Å². The van der Waals surface area contributed by atoms with Gasteiger partial charge >= 0.3 is 0 Å². The molecule has 0 fully saturated rings. The van der Waals surface area contributed by atoms with E-state index in [1.165, 1.54) is 5.56 Å². The first-order valence-electron chi connectivity index (χ1n) is 6.55. The molecule has 1 aromatic rings. The first-order valence-corrected chi connectivity index (χ1v) is 6.55. The van der Waals surface area contributed by atoms with Crippen LogP contribution in [0.1, 0.15) is 35.7 Å². The van der Waals surface area contributed by atoms with Gasteiger partial charge in [-0.25, -0.2) is 0 Å². The average Bonchev–Trinajstić information content (AvgIpc) is 2.34. The third-order valence-electron chi connectivity index (χ3n) is 3.07. The Morgan fingerprint density at radius 2 is 1.89 bits per heavy atom. The van der Waals surface area contributed by atoms with Crippen LogP contribution in [0.3, 0.4) is 0 Å². The molecule has 0 saturated carbocycles. The van der Waals surface area contributed by atoms with Gasteiger partial charge < -0.3 is 10.2 Å². The minimum absolute atomic E-state index is 0.0283. The molecule has 1 aromatic carbocycles. The Bertz CT molecular complexity index is 371. The van der Waals surface area contributed by atoms with Crippen LogP contribution < -0.4 is 5.32 Å². The van der Waals surface area contributed by atoms with Crippen LogP contribution in [-0.4, -0.2) is 37.5 Å². The summed E-state index contributed by atoms with van der Waals surface area (Å²) in [6.07, 6.45) is 1.95. The molecule has 3 nitrogen and oxygen atoms in total. The van der Waals surface area contributed by atoms with E-state index in [-0.39, 0.29) is 11.9 Å². The van der Waals surface area contributed by atoms with Gasteiger partial charge in [0.2, 0.25) is 0 Å². The molecular formula is C15H24N2O. The molecule has 0 aliphatic carbocycles. The highest BCUT2D eigenvalue weighted by Gasteiger charge is 2.12. The maximum atomic E-state index is 12.0. The topological polar surface area (TPSA) is 32.3 Å². The summed E-state index contributed by atoms with van der Waals surface area (Å²) >= 11 is 0. The summed E-state index contributed by atoms with van der Waals surface area (Å²) in [6, 6.07) is 7.94. The van der Waals surface area contributed by atoms with E-state index in [0.29, 0.717) is 0 Å². The van der Waals surface area contributed by atoms with Crippen LogP contribution in [0.2, 0.25) is 0 Å². The van der Waals surface area contributed by atoms with Crippen molar-refractivity contribution in [1.82, 2.24) is 10.2 Å². The maximum Gasteiger partial charge on any atom is 0.251 e. The van der Waals surface area contributed by atoms with Crippen LogP contribution in [0, 0.1) is 6.92 Å². The first kappa shape index (κ1) is 14.7. The van der Waals surface area contributed by atoms with Crippen molar-refractivity contribution >= 4 is 5.91 Å². The zero-order valence-corrected chi connectivity index (χ0v) is 11.9. The number of nitrogens with one attached hydrogen (secondary N) is 1. The molecule has 18 heavy (non-hydrogen) atoms. The molecule has 0 radical (unpaired) electrons. The fourth-order valence-electron chi connectivity index (χ4n) is 1.77. The molecule has 1 atom stereocenters. The molecule has 0 saturated heterocycles. The first-order chi connectivity index (χ1) is 8.52. The number of carbonyl (C=O) groups is 1. The van der Waals surface area contributed by atoms with Crippen molar-refractivity contribution < 1.29 is 4.79 Å². The Kier molecular flexibility index (Phi) is 5.86. The van der Waals surface area contributed by atoms with Crippen molar-refractivity contribution in [3.8, 4) is 0 Å². The Labute approximate surface area is 110 Å². The van der Waals surface area contributed by atoms with Gasteiger partial charge in [-0.3, -0.25) is 4.79 Å². The minimum atomic E-state index is 0.0283. The fourth-order valence-corrected chi connectivity index (χ4v) is 1.77. The fraction of sp³-hybridized carbons (Fsp3) is 0.533. The number of hydrogen-bond acceptors (Lipinski definition) is 2. The monoisotopic (exact) mass is 248 g/mol. The van der Waals surface area contributed by atoms with Crippen LogP contribution >= 0.6 is 0 Å². The lowest BCUT2D eigenvalue weighted by atomic mass is 10.1. The molecule has 0 bridgehead atoms. The van der Waals surface area contributed by atoms with Gasteiger partial charge in [0.15, 0.2) is 0 Å². The standard InChI is InChI=1S/C15H24N2O/c1-5-14(10-11-17(3)4)16-15(18)13-8-6-12(2)7-9-13/h6-9,14H,5,10-11H2,1-4H3,(H,16,18). The number of nitrogens with zero attached hydrogens (tertiary/aromatic N) is 1. The van der Waals surface area contributed by atoms with Crippen LogP contribution in [-0.2, 0) is 0 Å². The molecular weight excluding hydrogens is 224 g/mol. The molecule has 0 aliphatic heterocycles. The molecule has 1 N–H and O–H groups in total. The van der Waals surface area contributed by atoms with Crippen LogP contribution in [0.5, 0.6) is 0 Å². The van der Waals surface area contributed by atoms with Gasteiger partial charge in [-0.05, 0) is 52.5 Å². The van der Waals surface area contributed by atoms with Crippen LogP contribution in [0.25, 0.3) is 0 Å². The van der Waals surface area contributed by atoms with Crippen LogP contribution in [0.15, 0.2) is 24.3 Å². The summed E-state index contributed by atoms with van der Waals surface area (Å²) in [7, 11) is 4.10. The van der Waals surface area contributed by atoms with Crippen molar-refractivity contribution in [2.45, 2.75) is 32.7 Å². The SMILES string of the molecule is CCC(CCN(C)C)NC(=O)c1ccc(C)cc1. The van der Waals surface area contributed by atoms with Gasteiger partial charge in [-0.2, -0.15) is 0 Å². The molecule has 0 aromatic heterocycles. The summed E-state index contributed by atoms with van der Waals surface area (Å²) in [4.78, 5) is 14.2. The zero-order valence-electron chi connectivity index (χ0n) is 11.9. The van der Waals surface area contributed by atoms with E-state index in [1.54, 1.807) is 0 Å². The van der Waals surface area contributed by atoms with E-state index in [2.05, 4.69) is 31.2 Å². The quantitative estimate of drug-likeness (QED) is 0.838. The second-order valence-corrected chi connectivity index (χ2v) is 5.04. The van der Waals surface area contributed by atoms with E-state index < -0.39 is 0 Å². The maximum absolute atomic E-state index is 12.0. The minimum Gasteiger partial charge on any atom is -0.349 e. The zero-order chi connectivity index (χ0) is 13.5. The molecule has 0 spiro atoms. The van der Waals surface area contributed by atoms with Gasteiger partial charge in [-0.15, -0.1) is 0 Å². The Hall–Kier alpha value is -1.35. The Morgan fingerprint density at radius 1 is 1.28 bits per heavy atom. The highest BCUT2D eigenvalue weighted by atomic mass is 16.1.